The van der Waals surface area contributed by atoms with E-state index in [9.17, 15) is 13.7 Å². The van der Waals surface area contributed by atoms with E-state index in [4.69, 9.17) is 4.74 Å². The van der Waals surface area contributed by atoms with Gasteiger partial charge in [-0.1, -0.05) is 12.1 Å². The third kappa shape index (κ3) is 3.93. The molecule has 0 spiro atoms. The summed E-state index contributed by atoms with van der Waals surface area (Å²) in [6.45, 7) is 1.88. The molecule has 1 heterocycles. The van der Waals surface area contributed by atoms with E-state index in [1.807, 2.05) is 31.2 Å². The molecule has 0 N–H and O–H groups in total. The first kappa shape index (κ1) is 18.5. The number of nitrogens with zero attached hydrogens (tertiary/aromatic N) is 3. The summed E-state index contributed by atoms with van der Waals surface area (Å²) in [7, 11) is -3.63. The first-order chi connectivity index (χ1) is 12.4. The van der Waals surface area contributed by atoms with Crippen LogP contribution in [0.4, 0.5) is 0 Å². The maximum absolute atomic E-state index is 12.5. The molecule has 0 atom stereocenters. The molecule has 3 aromatic rings. The fraction of sp³-hybridized carbons (Fsp3) is 0.118. The molecule has 0 radical (unpaired) electrons. The van der Waals surface area contributed by atoms with Gasteiger partial charge < -0.3 is 4.74 Å². The van der Waals surface area contributed by atoms with Gasteiger partial charge in [0.05, 0.1) is 14.9 Å². The highest BCUT2D eigenvalue weighted by Gasteiger charge is 2.20. The third-order valence-electron chi connectivity index (χ3n) is 3.53. The van der Waals surface area contributed by atoms with Gasteiger partial charge in [-0.25, -0.2) is 13.4 Å². The van der Waals surface area contributed by atoms with Crippen LogP contribution in [0.25, 0.3) is 0 Å². The van der Waals surface area contributed by atoms with E-state index in [2.05, 4.69) is 25.3 Å². The Kier molecular flexibility index (Phi) is 5.36. The molecular weight excluding hydrogens is 438 g/mol. The van der Waals surface area contributed by atoms with Gasteiger partial charge in [0.25, 0.3) is 0 Å². The van der Waals surface area contributed by atoms with Crippen LogP contribution in [0.1, 0.15) is 16.1 Å². The molecule has 3 rings (SSSR count). The van der Waals surface area contributed by atoms with Crippen LogP contribution in [-0.2, 0) is 15.6 Å². The fourth-order valence-corrected chi connectivity index (χ4v) is 4.91. The number of para-hydroxylation sites is 1. The summed E-state index contributed by atoms with van der Waals surface area (Å²) >= 11 is 4.44. The number of hydrogen-bond donors (Lipinski definition) is 0. The minimum absolute atomic E-state index is 0.0421. The van der Waals surface area contributed by atoms with Crippen molar-refractivity contribution < 1.29 is 13.2 Å². The van der Waals surface area contributed by atoms with Crippen molar-refractivity contribution in [2.24, 2.45) is 0 Å². The maximum atomic E-state index is 12.5. The van der Waals surface area contributed by atoms with E-state index in [0.717, 1.165) is 21.6 Å². The molecule has 0 aliphatic carbocycles. The summed E-state index contributed by atoms with van der Waals surface area (Å²) < 4.78 is 35.4. The van der Waals surface area contributed by atoms with Crippen LogP contribution in [0, 0.1) is 18.3 Å². The molecule has 26 heavy (non-hydrogen) atoms. The number of hydrogen-bond acceptors (Lipinski definition) is 7. The van der Waals surface area contributed by atoms with Crippen LogP contribution in [0.2, 0.25) is 0 Å². The van der Waals surface area contributed by atoms with Crippen molar-refractivity contribution in [3.8, 4) is 17.6 Å². The number of ether oxygens (including phenoxy) is 1. The Balaban J connectivity index is 1.95. The summed E-state index contributed by atoms with van der Waals surface area (Å²) in [6.07, 6.45) is 1.31. The zero-order valence-electron chi connectivity index (χ0n) is 13.5. The van der Waals surface area contributed by atoms with Gasteiger partial charge in [-0.3, -0.25) is 0 Å². The van der Waals surface area contributed by atoms with Crippen molar-refractivity contribution in [3.63, 3.8) is 0 Å². The number of rotatable bonds is 5. The minimum Gasteiger partial charge on any atom is -0.455 e. The SMILES string of the molecule is Cc1cccc(Br)c1Oc1ccc(S(=O)(=O)Cc2ncns2)cc1C#N. The first-order valence-electron chi connectivity index (χ1n) is 7.36. The highest BCUT2D eigenvalue weighted by atomic mass is 79.9. The first-order valence-corrected chi connectivity index (χ1v) is 10.6. The van der Waals surface area contributed by atoms with E-state index in [1.165, 1.54) is 24.5 Å². The molecule has 0 amide bonds. The van der Waals surface area contributed by atoms with Gasteiger partial charge in [0.2, 0.25) is 0 Å². The zero-order chi connectivity index (χ0) is 18.7. The van der Waals surface area contributed by atoms with Crippen molar-refractivity contribution in [3.05, 3.63) is 63.3 Å². The standard InChI is InChI=1S/C17H12BrN3O3S2/c1-11-3-2-4-14(18)17(11)24-15-6-5-13(7-12(15)8-19)26(22,23)9-16-20-10-21-25-16/h2-7,10H,9H2,1H3. The number of halogens is 1. The number of benzene rings is 2. The normalized spacial score (nSPS) is 11.1. The second kappa shape index (κ2) is 7.53. The number of aryl methyl sites for hydroxylation is 1. The molecule has 2 aromatic carbocycles. The Hall–Kier alpha value is -2.28. The fourth-order valence-electron chi connectivity index (χ4n) is 2.24. The van der Waals surface area contributed by atoms with Crippen molar-refractivity contribution in [2.75, 3.05) is 0 Å². The Morgan fingerprint density at radius 3 is 2.77 bits per heavy atom. The maximum Gasteiger partial charge on any atom is 0.185 e. The van der Waals surface area contributed by atoms with Crippen LogP contribution in [0.3, 0.4) is 0 Å². The molecule has 0 aliphatic rings. The summed E-state index contributed by atoms with van der Waals surface area (Å²) in [5, 5.41) is 9.82. The van der Waals surface area contributed by atoms with Crippen LogP contribution in [0.15, 0.2) is 52.1 Å². The van der Waals surface area contributed by atoms with Crippen LogP contribution >= 0.6 is 27.5 Å². The molecule has 0 bridgehead atoms. The van der Waals surface area contributed by atoms with E-state index >= 15 is 0 Å². The lowest BCUT2D eigenvalue weighted by atomic mass is 10.2. The van der Waals surface area contributed by atoms with Gasteiger partial charge in [-0.15, -0.1) is 0 Å². The van der Waals surface area contributed by atoms with Crippen molar-refractivity contribution >= 4 is 37.3 Å². The van der Waals surface area contributed by atoms with Gasteiger partial charge in [-0.05, 0) is 64.2 Å². The average Bonchev–Trinajstić information content (AvgIpc) is 3.10. The van der Waals surface area contributed by atoms with Gasteiger partial charge in [0, 0.05) is 0 Å². The number of aromatic nitrogens is 2. The van der Waals surface area contributed by atoms with Gasteiger partial charge >= 0.3 is 0 Å². The smallest absolute Gasteiger partial charge is 0.185 e. The summed E-state index contributed by atoms with van der Waals surface area (Å²) in [5.74, 6) is 0.609. The van der Waals surface area contributed by atoms with Crippen LogP contribution < -0.4 is 4.74 Å². The molecule has 0 aliphatic heterocycles. The molecule has 0 saturated heterocycles. The molecule has 9 heteroatoms. The predicted octanol–water partition coefficient (Wildman–Crippen LogP) is 4.25. The Labute approximate surface area is 163 Å². The van der Waals surface area contributed by atoms with Crippen molar-refractivity contribution in [2.45, 2.75) is 17.6 Å². The molecule has 0 unspecified atom stereocenters. The molecule has 132 valence electrons. The summed E-state index contributed by atoms with van der Waals surface area (Å²) in [4.78, 5) is 3.94. The molecule has 6 nitrogen and oxygen atoms in total. The van der Waals surface area contributed by atoms with Crippen LogP contribution in [0.5, 0.6) is 11.5 Å². The van der Waals surface area contributed by atoms with Crippen molar-refractivity contribution in [1.29, 1.82) is 5.26 Å². The quantitative estimate of drug-likeness (QED) is 0.577. The summed E-state index contributed by atoms with van der Waals surface area (Å²) in [5.41, 5.74) is 1.02. The van der Waals surface area contributed by atoms with E-state index in [0.29, 0.717) is 10.8 Å². The van der Waals surface area contributed by atoms with Gasteiger partial charge in [0.1, 0.15) is 34.7 Å². The number of sulfone groups is 1. The van der Waals surface area contributed by atoms with E-state index in [1.54, 1.807) is 0 Å². The molecule has 0 saturated carbocycles. The van der Waals surface area contributed by atoms with Crippen LogP contribution in [-0.4, -0.2) is 17.8 Å². The lowest BCUT2D eigenvalue weighted by molar-refractivity contribution is 0.473. The highest BCUT2D eigenvalue weighted by molar-refractivity contribution is 9.10. The third-order valence-corrected chi connectivity index (χ3v) is 6.62. The van der Waals surface area contributed by atoms with Gasteiger partial charge in [-0.2, -0.15) is 9.64 Å². The summed E-state index contributed by atoms with van der Waals surface area (Å²) in [6, 6.07) is 11.8. The van der Waals surface area contributed by atoms with Gasteiger partial charge in [0.15, 0.2) is 9.84 Å². The largest absolute Gasteiger partial charge is 0.455 e. The number of nitriles is 1. The highest BCUT2D eigenvalue weighted by Crippen LogP contribution is 2.35. The molecule has 0 fully saturated rings. The Morgan fingerprint density at radius 2 is 2.12 bits per heavy atom. The lowest BCUT2D eigenvalue weighted by Crippen LogP contribution is -2.05. The molecular formula is C17H12BrN3O3S2. The average molecular weight is 450 g/mol. The Bertz CT molecular complexity index is 1070. The van der Waals surface area contributed by atoms with Crippen molar-refractivity contribution in [1.82, 2.24) is 9.36 Å². The second-order valence-corrected chi connectivity index (χ2v) is 9.06. The molecule has 1 aromatic heterocycles. The minimum atomic E-state index is -3.63. The monoisotopic (exact) mass is 449 g/mol. The van der Waals surface area contributed by atoms with E-state index < -0.39 is 9.84 Å². The predicted molar refractivity (Wildman–Crippen MR) is 101 cm³/mol. The Morgan fingerprint density at radius 1 is 1.31 bits per heavy atom. The second-order valence-electron chi connectivity index (χ2n) is 5.35. The topological polar surface area (TPSA) is 92.9 Å². The van der Waals surface area contributed by atoms with E-state index in [-0.39, 0.29) is 22.0 Å². The lowest BCUT2D eigenvalue weighted by Gasteiger charge is -2.12. The zero-order valence-corrected chi connectivity index (χ0v) is 16.7.